The van der Waals surface area contributed by atoms with Gasteiger partial charge in [-0.2, -0.15) is 0 Å². The highest BCUT2D eigenvalue weighted by atomic mass is 16.5. The van der Waals surface area contributed by atoms with Crippen LogP contribution in [-0.4, -0.2) is 54.4 Å². The summed E-state index contributed by atoms with van der Waals surface area (Å²) in [7, 11) is 0. The third-order valence-electron chi connectivity index (χ3n) is 6.01. The number of likely N-dealkylation sites (tertiary alicyclic amines) is 1. The summed E-state index contributed by atoms with van der Waals surface area (Å²) in [5.74, 6) is 0.444. The monoisotopic (exact) mass is 296 g/mol. The van der Waals surface area contributed by atoms with Crippen molar-refractivity contribution in [2.75, 3.05) is 32.8 Å². The van der Waals surface area contributed by atoms with Crippen LogP contribution in [0.1, 0.15) is 44.9 Å². The van der Waals surface area contributed by atoms with E-state index in [2.05, 4.69) is 0 Å². The molecule has 5 heteroatoms. The van der Waals surface area contributed by atoms with Gasteiger partial charge in [0.25, 0.3) is 0 Å². The van der Waals surface area contributed by atoms with Crippen molar-refractivity contribution in [3.63, 3.8) is 0 Å². The van der Waals surface area contributed by atoms with Crippen LogP contribution in [0.4, 0.5) is 0 Å². The highest BCUT2D eigenvalue weighted by Crippen LogP contribution is 2.41. The molecule has 5 nitrogen and oxygen atoms in total. The predicted octanol–water partition coefficient (Wildman–Crippen LogP) is 0.895. The number of carbonyl (C=O) groups excluding carboxylic acids is 1. The van der Waals surface area contributed by atoms with Crippen LogP contribution in [0.2, 0.25) is 0 Å². The van der Waals surface area contributed by atoms with Gasteiger partial charge in [-0.05, 0) is 32.1 Å². The molecular formula is C16H28N2O3. The minimum atomic E-state index is -0.527. The largest absolute Gasteiger partial charge is 0.389 e. The summed E-state index contributed by atoms with van der Waals surface area (Å²) in [5, 5.41) is 10.7. The second-order valence-electron chi connectivity index (χ2n) is 7.14. The summed E-state index contributed by atoms with van der Waals surface area (Å²) in [4.78, 5) is 15.0. The predicted molar refractivity (Wildman–Crippen MR) is 79.6 cm³/mol. The molecule has 120 valence electrons. The van der Waals surface area contributed by atoms with Crippen molar-refractivity contribution < 1.29 is 14.6 Å². The summed E-state index contributed by atoms with van der Waals surface area (Å²) >= 11 is 0. The molecule has 3 fully saturated rings. The zero-order valence-electron chi connectivity index (χ0n) is 12.9. The van der Waals surface area contributed by atoms with Crippen molar-refractivity contribution in [2.45, 2.75) is 50.5 Å². The molecule has 0 aromatic rings. The van der Waals surface area contributed by atoms with Gasteiger partial charge in [0.2, 0.25) is 5.91 Å². The second-order valence-corrected chi connectivity index (χ2v) is 7.14. The van der Waals surface area contributed by atoms with Crippen molar-refractivity contribution in [3.05, 3.63) is 0 Å². The van der Waals surface area contributed by atoms with Crippen molar-refractivity contribution >= 4 is 5.91 Å². The van der Waals surface area contributed by atoms with Crippen molar-refractivity contribution in [1.29, 1.82) is 0 Å². The van der Waals surface area contributed by atoms with Crippen LogP contribution in [0.25, 0.3) is 0 Å². The van der Waals surface area contributed by atoms with Crippen LogP contribution in [0.3, 0.4) is 0 Å². The van der Waals surface area contributed by atoms with E-state index in [1.54, 1.807) is 0 Å². The fourth-order valence-electron chi connectivity index (χ4n) is 4.36. The summed E-state index contributed by atoms with van der Waals surface area (Å²) in [6.07, 6.45) is 6.41. The standard InChI is InChI=1S/C16H28N2O3/c17-12-15(6-9-21-10-7-15)14(19)18-8-5-16(20)4-2-1-3-13(16)11-18/h13,20H,1-12,17H2. The highest BCUT2D eigenvalue weighted by molar-refractivity contribution is 5.83. The molecule has 0 spiro atoms. The molecule has 1 amide bonds. The maximum Gasteiger partial charge on any atom is 0.230 e. The van der Waals surface area contributed by atoms with Gasteiger partial charge in [-0.25, -0.2) is 0 Å². The number of nitrogens with zero attached hydrogens (tertiary/aromatic N) is 1. The lowest BCUT2D eigenvalue weighted by atomic mass is 9.70. The molecule has 3 rings (SSSR count). The summed E-state index contributed by atoms with van der Waals surface area (Å²) in [6, 6.07) is 0. The molecule has 2 aliphatic heterocycles. The van der Waals surface area contributed by atoms with E-state index >= 15 is 0 Å². The molecule has 0 aromatic heterocycles. The fourth-order valence-corrected chi connectivity index (χ4v) is 4.36. The number of rotatable bonds is 2. The molecule has 2 unspecified atom stereocenters. The Hall–Kier alpha value is -0.650. The lowest BCUT2D eigenvalue weighted by molar-refractivity contribution is -0.158. The average Bonchev–Trinajstić information content (AvgIpc) is 2.54. The van der Waals surface area contributed by atoms with E-state index in [4.69, 9.17) is 10.5 Å². The first-order chi connectivity index (χ1) is 10.1. The number of carbonyl (C=O) groups is 1. The number of ether oxygens (including phenoxy) is 1. The molecule has 0 bridgehead atoms. The minimum Gasteiger partial charge on any atom is -0.389 e. The molecule has 2 heterocycles. The smallest absolute Gasteiger partial charge is 0.230 e. The van der Waals surface area contributed by atoms with Gasteiger partial charge in [0.05, 0.1) is 11.0 Å². The fraction of sp³-hybridized carbons (Fsp3) is 0.938. The first-order valence-corrected chi connectivity index (χ1v) is 8.39. The number of amides is 1. The Morgan fingerprint density at radius 2 is 2.00 bits per heavy atom. The van der Waals surface area contributed by atoms with E-state index in [-0.39, 0.29) is 11.8 Å². The molecule has 0 aromatic carbocycles. The van der Waals surface area contributed by atoms with Crippen LogP contribution in [0.15, 0.2) is 0 Å². The van der Waals surface area contributed by atoms with E-state index in [1.807, 2.05) is 4.90 Å². The van der Waals surface area contributed by atoms with Crippen LogP contribution in [0.5, 0.6) is 0 Å². The van der Waals surface area contributed by atoms with E-state index in [0.717, 1.165) is 38.5 Å². The van der Waals surface area contributed by atoms with Crippen LogP contribution >= 0.6 is 0 Å². The van der Waals surface area contributed by atoms with Gasteiger partial charge in [0.1, 0.15) is 0 Å². The van der Waals surface area contributed by atoms with Gasteiger partial charge in [0.15, 0.2) is 0 Å². The molecule has 1 saturated carbocycles. The second kappa shape index (κ2) is 5.86. The summed E-state index contributed by atoms with van der Waals surface area (Å²) in [5.41, 5.74) is 5.00. The molecule has 1 aliphatic carbocycles. The Kier molecular flexibility index (Phi) is 4.26. The van der Waals surface area contributed by atoms with Crippen molar-refractivity contribution in [3.8, 4) is 0 Å². The Bertz CT molecular complexity index is 395. The van der Waals surface area contributed by atoms with E-state index in [0.29, 0.717) is 32.8 Å². The Labute approximate surface area is 126 Å². The maximum absolute atomic E-state index is 13.0. The van der Waals surface area contributed by atoms with Crippen molar-refractivity contribution in [2.24, 2.45) is 17.1 Å². The lowest BCUT2D eigenvalue weighted by Crippen LogP contribution is -2.59. The summed E-state index contributed by atoms with van der Waals surface area (Å²) in [6.45, 7) is 3.04. The van der Waals surface area contributed by atoms with Gasteiger partial charge < -0.3 is 20.5 Å². The first-order valence-electron chi connectivity index (χ1n) is 8.39. The quantitative estimate of drug-likeness (QED) is 0.794. The van der Waals surface area contributed by atoms with Crippen LogP contribution < -0.4 is 5.73 Å². The SMILES string of the molecule is NCC1(C(=O)N2CCC3(O)CCCCC3C2)CCOCC1. The number of hydrogen-bond acceptors (Lipinski definition) is 4. The number of fused-ring (bicyclic) bond motifs is 1. The number of nitrogens with two attached hydrogens (primary N) is 1. The molecule has 2 saturated heterocycles. The number of hydrogen-bond donors (Lipinski definition) is 2. The normalized spacial score (nSPS) is 36.1. The topological polar surface area (TPSA) is 75.8 Å². The Morgan fingerprint density at radius 3 is 2.71 bits per heavy atom. The molecule has 0 radical (unpaired) electrons. The molecule has 3 N–H and O–H groups in total. The molecule has 3 aliphatic rings. The number of piperidine rings is 1. The molecule has 21 heavy (non-hydrogen) atoms. The Morgan fingerprint density at radius 1 is 1.24 bits per heavy atom. The van der Waals surface area contributed by atoms with Gasteiger partial charge in [-0.1, -0.05) is 12.8 Å². The minimum absolute atomic E-state index is 0.195. The lowest BCUT2D eigenvalue weighted by Gasteiger charge is -2.49. The third kappa shape index (κ3) is 2.71. The van der Waals surface area contributed by atoms with Crippen LogP contribution in [0, 0.1) is 11.3 Å². The van der Waals surface area contributed by atoms with Gasteiger partial charge in [0, 0.05) is 38.8 Å². The zero-order valence-corrected chi connectivity index (χ0v) is 12.9. The van der Waals surface area contributed by atoms with Gasteiger partial charge in [-0.3, -0.25) is 4.79 Å². The summed E-state index contributed by atoms with van der Waals surface area (Å²) < 4.78 is 5.40. The van der Waals surface area contributed by atoms with E-state index in [9.17, 15) is 9.90 Å². The van der Waals surface area contributed by atoms with Crippen LogP contribution in [-0.2, 0) is 9.53 Å². The molecule has 2 atom stereocenters. The Balaban J connectivity index is 1.70. The van der Waals surface area contributed by atoms with Gasteiger partial charge in [-0.15, -0.1) is 0 Å². The highest BCUT2D eigenvalue weighted by Gasteiger charge is 2.47. The third-order valence-corrected chi connectivity index (χ3v) is 6.01. The van der Waals surface area contributed by atoms with E-state index in [1.165, 1.54) is 6.42 Å². The molecular weight excluding hydrogens is 268 g/mol. The van der Waals surface area contributed by atoms with Crippen molar-refractivity contribution in [1.82, 2.24) is 4.90 Å². The number of aliphatic hydroxyl groups is 1. The van der Waals surface area contributed by atoms with E-state index < -0.39 is 11.0 Å². The zero-order chi connectivity index (χ0) is 14.9. The maximum atomic E-state index is 13.0. The average molecular weight is 296 g/mol. The van der Waals surface area contributed by atoms with Gasteiger partial charge >= 0.3 is 0 Å². The first kappa shape index (κ1) is 15.3.